The van der Waals surface area contributed by atoms with Crippen LogP contribution in [0, 0.1) is 0 Å². The standard InChI is InChI=1S/C14H23NO/c1-3-10-14(16,11-4-2)13(15)12-8-6-5-7-9-12/h5-9,13,16H,3-4,10-11,15H2,1-2H3/t13-/m1/s1. The molecule has 2 nitrogen and oxygen atoms in total. The van der Waals surface area contributed by atoms with Gasteiger partial charge in [0.1, 0.15) is 0 Å². The smallest absolute Gasteiger partial charge is 0.0839 e. The van der Waals surface area contributed by atoms with Crippen molar-refractivity contribution in [1.82, 2.24) is 0 Å². The van der Waals surface area contributed by atoms with Gasteiger partial charge in [0.2, 0.25) is 0 Å². The Labute approximate surface area is 98.5 Å². The highest BCUT2D eigenvalue weighted by atomic mass is 16.3. The molecule has 16 heavy (non-hydrogen) atoms. The average Bonchev–Trinajstić information content (AvgIpc) is 2.30. The molecule has 90 valence electrons. The minimum atomic E-state index is -0.759. The van der Waals surface area contributed by atoms with Crippen LogP contribution in [0.2, 0.25) is 0 Å². The first-order chi connectivity index (χ1) is 7.64. The Morgan fingerprint density at radius 2 is 1.62 bits per heavy atom. The molecule has 1 atom stereocenters. The van der Waals surface area contributed by atoms with Crippen LogP contribution in [0.4, 0.5) is 0 Å². The second kappa shape index (κ2) is 6.02. The fraction of sp³-hybridized carbons (Fsp3) is 0.571. The molecule has 0 spiro atoms. The van der Waals surface area contributed by atoms with Crippen LogP contribution in [0.1, 0.15) is 51.1 Å². The molecule has 0 saturated heterocycles. The lowest BCUT2D eigenvalue weighted by Crippen LogP contribution is -2.41. The molecule has 3 N–H and O–H groups in total. The highest BCUT2D eigenvalue weighted by molar-refractivity contribution is 5.21. The third-order valence-electron chi connectivity index (χ3n) is 3.10. The Morgan fingerprint density at radius 1 is 1.12 bits per heavy atom. The molecule has 2 heteroatoms. The maximum atomic E-state index is 10.6. The molecule has 0 heterocycles. The normalized spacial score (nSPS) is 13.8. The van der Waals surface area contributed by atoms with E-state index in [4.69, 9.17) is 5.73 Å². The average molecular weight is 221 g/mol. The minimum Gasteiger partial charge on any atom is -0.388 e. The second-order valence-corrected chi connectivity index (χ2v) is 4.49. The van der Waals surface area contributed by atoms with E-state index in [9.17, 15) is 5.11 Å². The summed E-state index contributed by atoms with van der Waals surface area (Å²) < 4.78 is 0. The SMILES string of the molecule is CCCC(O)(CCC)[C@H](N)c1ccccc1. The summed E-state index contributed by atoms with van der Waals surface area (Å²) in [5.74, 6) is 0. The van der Waals surface area contributed by atoms with Gasteiger partial charge in [-0.2, -0.15) is 0 Å². The lowest BCUT2D eigenvalue weighted by atomic mass is 9.82. The number of nitrogens with two attached hydrogens (primary N) is 1. The quantitative estimate of drug-likeness (QED) is 0.775. The van der Waals surface area contributed by atoms with Crippen LogP contribution >= 0.6 is 0 Å². The zero-order valence-electron chi connectivity index (χ0n) is 10.3. The maximum Gasteiger partial charge on any atom is 0.0839 e. The highest BCUT2D eigenvalue weighted by Crippen LogP contribution is 2.31. The third-order valence-corrected chi connectivity index (χ3v) is 3.10. The number of aliphatic hydroxyl groups is 1. The van der Waals surface area contributed by atoms with E-state index in [1.54, 1.807) is 0 Å². The van der Waals surface area contributed by atoms with Gasteiger partial charge in [-0.05, 0) is 18.4 Å². The lowest BCUT2D eigenvalue weighted by Gasteiger charge is -2.34. The summed E-state index contributed by atoms with van der Waals surface area (Å²) >= 11 is 0. The van der Waals surface area contributed by atoms with Crippen LogP contribution in [-0.4, -0.2) is 10.7 Å². The molecule has 0 radical (unpaired) electrons. The van der Waals surface area contributed by atoms with Gasteiger partial charge in [-0.1, -0.05) is 57.0 Å². The molecule has 0 aliphatic carbocycles. The van der Waals surface area contributed by atoms with E-state index in [0.717, 1.165) is 31.2 Å². The highest BCUT2D eigenvalue weighted by Gasteiger charge is 2.33. The third kappa shape index (κ3) is 3.06. The van der Waals surface area contributed by atoms with E-state index in [1.165, 1.54) is 0 Å². The van der Waals surface area contributed by atoms with Gasteiger partial charge in [0, 0.05) is 0 Å². The van der Waals surface area contributed by atoms with Crippen molar-refractivity contribution >= 4 is 0 Å². The van der Waals surface area contributed by atoms with Crippen LogP contribution in [-0.2, 0) is 0 Å². The van der Waals surface area contributed by atoms with Crippen molar-refractivity contribution in [3.63, 3.8) is 0 Å². The molecule has 0 unspecified atom stereocenters. The van der Waals surface area contributed by atoms with Gasteiger partial charge in [0.05, 0.1) is 11.6 Å². The minimum absolute atomic E-state index is 0.284. The number of hydrogen-bond donors (Lipinski definition) is 2. The first-order valence-electron chi connectivity index (χ1n) is 6.17. The van der Waals surface area contributed by atoms with Gasteiger partial charge in [0.15, 0.2) is 0 Å². The Kier molecular flexibility index (Phi) is 4.97. The van der Waals surface area contributed by atoms with E-state index in [-0.39, 0.29) is 6.04 Å². The Bertz CT molecular complexity index is 291. The zero-order valence-corrected chi connectivity index (χ0v) is 10.3. The number of rotatable bonds is 6. The van der Waals surface area contributed by atoms with Crippen molar-refractivity contribution in [2.45, 2.75) is 51.2 Å². The first-order valence-corrected chi connectivity index (χ1v) is 6.17. The molecule has 0 aliphatic heterocycles. The monoisotopic (exact) mass is 221 g/mol. The molecule has 1 aromatic rings. The number of hydrogen-bond acceptors (Lipinski definition) is 2. The second-order valence-electron chi connectivity index (χ2n) is 4.49. The zero-order chi connectivity index (χ0) is 12.0. The summed E-state index contributed by atoms with van der Waals surface area (Å²) in [6, 6.07) is 9.59. The predicted octanol–water partition coefficient (Wildman–Crippen LogP) is 3.02. The molecule has 0 saturated carbocycles. The molecule has 1 rings (SSSR count). The van der Waals surface area contributed by atoms with Gasteiger partial charge in [-0.25, -0.2) is 0 Å². The largest absolute Gasteiger partial charge is 0.388 e. The van der Waals surface area contributed by atoms with E-state index >= 15 is 0 Å². The summed E-state index contributed by atoms with van der Waals surface area (Å²) in [7, 11) is 0. The van der Waals surface area contributed by atoms with E-state index < -0.39 is 5.60 Å². The van der Waals surface area contributed by atoms with E-state index in [0.29, 0.717) is 0 Å². The van der Waals surface area contributed by atoms with Crippen molar-refractivity contribution in [1.29, 1.82) is 0 Å². The summed E-state index contributed by atoms with van der Waals surface area (Å²) in [6.45, 7) is 4.16. The van der Waals surface area contributed by atoms with Crippen molar-refractivity contribution in [3.8, 4) is 0 Å². The molecule has 0 aromatic heterocycles. The molecule has 0 bridgehead atoms. The molecule has 0 aliphatic rings. The molecule has 0 amide bonds. The summed E-state index contributed by atoms with van der Waals surface area (Å²) in [5.41, 5.74) is 6.46. The predicted molar refractivity (Wildman–Crippen MR) is 68.1 cm³/mol. The van der Waals surface area contributed by atoms with Crippen LogP contribution in [0.15, 0.2) is 30.3 Å². The van der Waals surface area contributed by atoms with Crippen molar-refractivity contribution < 1.29 is 5.11 Å². The van der Waals surface area contributed by atoms with E-state index in [1.807, 2.05) is 30.3 Å². The fourth-order valence-corrected chi connectivity index (χ4v) is 2.27. The van der Waals surface area contributed by atoms with Crippen LogP contribution in [0.25, 0.3) is 0 Å². The molecule has 0 fully saturated rings. The van der Waals surface area contributed by atoms with Gasteiger partial charge in [0.25, 0.3) is 0 Å². The van der Waals surface area contributed by atoms with Gasteiger partial charge < -0.3 is 10.8 Å². The lowest BCUT2D eigenvalue weighted by molar-refractivity contribution is -0.00455. The summed E-state index contributed by atoms with van der Waals surface area (Å²) in [4.78, 5) is 0. The summed E-state index contributed by atoms with van der Waals surface area (Å²) in [5, 5.41) is 10.6. The summed E-state index contributed by atoms with van der Waals surface area (Å²) in [6.07, 6.45) is 3.43. The Balaban J connectivity index is 2.86. The molecule has 1 aromatic carbocycles. The van der Waals surface area contributed by atoms with Crippen LogP contribution < -0.4 is 5.73 Å². The van der Waals surface area contributed by atoms with Gasteiger partial charge in [-0.15, -0.1) is 0 Å². The maximum absolute atomic E-state index is 10.6. The first kappa shape index (κ1) is 13.2. The molecular formula is C14H23NO. The van der Waals surface area contributed by atoms with Gasteiger partial charge in [-0.3, -0.25) is 0 Å². The fourth-order valence-electron chi connectivity index (χ4n) is 2.27. The van der Waals surface area contributed by atoms with Crippen LogP contribution in [0.5, 0.6) is 0 Å². The van der Waals surface area contributed by atoms with Gasteiger partial charge >= 0.3 is 0 Å². The molecular weight excluding hydrogens is 198 g/mol. The van der Waals surface area contributed by atoms with Crippen molar-refractivity contribution in [2.75, 3.05) is 0 Å². The van der Waals surface area contributed by atoms with E-state index in [2.05, 4.69) is 13.8 Å². The topological polar surface area (TPSA) is 46.2 Å². The van der Waals surface area contributed by atoms with Crippen LogP contribution in [0.3, 0.4) is 0 Å². The Morgan fingerprint density at radius 3 is 2.06 bits per heavy atom. The van der Waals surface area contributed by atoms with Crippen molar-refractivity contribution in [3.05, 3.63) is 35.9 Å². The van der Waals surface area contributed by atoms with Crippen molar-refractivity contribution in [2.24, 2.45) is 5.73 Å². The Hall–Kier alpha value is -0.860. The number of benzene rings is 1.